The van der Waals surface area contributed by atoms with Gasteiger partial charge in [0.25, 0.3) is 0 Å². The molecule has 1 amide bonds. The first kappa shape index (κ1) is 10.6. The Labute approximate surface area is 97.2 Å². The molecule has 90 valence electrons. The molecule has 0 aromatic carbocycles. The largest absolute Gasteiger partial charge is 0.369 e. The highest BCUT2D eigenvalue weighted by Gasteiger charge is 2.46. The molecule has 3 N–H and O–H groups in total. The lowest BCUT2D eigenvalue weighted by Gasteiger charge is -2.39. The fourth-order valence-corrected chi connectivity index (χ4v) is 3.54. The molecule has 16 heavy (non-hydrogen) atoms. The van der Waals surface area contributed by atoms with Gasteiger partial charge in [0, 0.05) is 18.0 Å². The summed E-state index contributed by atoms with van der Waals surface area (Å²) in [5.41, 5.74) is 6.02. The van der Waals surface area contributed by atoms with Crippen molar-refractivity contribution in [3.8, 4) is 0 Å². The molecule has 0 saturated heterocycles. The van der Waals surface area contributed by atoms with E-state index in [4.69, 9.17) is 5.73 Å². The smallest absolute Gasteiger partial charge is 0.220 e. The number of primary amides is 1. The van der Waals surface area contributed by atoms with Gasteiger partial charge < -0.3 is 11.1 Å². The van der Waals surface area contributed by atoms with Gasteiger partial charge in [-0.3, -0.25) is 4.79 Å². The predicted molar refractivity (Wildman–Crippen MR) is 62.8 cm³/mol. The SMILES string of the molecule is NC(=O)C1CC(NC2CCCC3(CC3)C2)C1. The highest BCUT2D eigenvalue weighted by Crippen LogP contribution is 2.56. The number of nitrogens with two attached hydrogens (primary N) is 1. The molecule has 3 rings (SSSR count). The summed E-state index contributed by atoms with van der Waals surface area (Å²) in [4.78, 5) is 10.9. The summed E-state index contributed by atoms with van der Waals surface area (Å²) < 4.78 is 0. The Hall–Kier alpha value is -0.570. The van der Waals surface area contributed by atoms with Crippen molar-refractivity contribution in [2.75, 3.05) is 0 Å². The number of carbonyl (C=O) groups is 1. The van der Waals surface area contributed by atoms with Crippen molar-refractivity contribution in [1.29, 1.82) is 0 Å². The maximum atomic E-state index is 10.9. The van der Waals surface area contributed by atoms with E-state index < -0.39 is 0 Å². The summed E-state index contributed by atoms with van der Waals surface area (Å²) in [6.07, 6.45) is 10.4. The van der Waals surface area contributed by atoms with E-state index in [9.17, 15) is 4.79 Å². The summed E-state index contributed by atoms with van der Waals surface area (Å²) in [6, 6.07) is 1.28. The fourth-order valence-electron chi connectivity index (χ4n) is 3.54. The van der Waals surface area contributed by atoms with Gasteiger partial charge >= 0.3 is 0 Å². The quantitative estimate of drug-likeness (QED) is 0.761. The maximum Gasteiger partial charge on any atom is 0.220 e. The maximum absolute atomic E-state index is 10.9. The average Bonchev–Trinajstić information content (AvgIpc) is 2.90. The van der Waals surface area contributed by atoms with Crippen LogP contribution in [0.2, 0.25) is 0 Å². The second-order valence-corrected chi connectivity index (χ2v) is 6.23. The molecule has 3 saturated carbocycles. The number of amides is 1. The Morgan fingerprint density at radius 1 is 1.19 bits per heavy atom. The molecule has 3 aliphatic rings. The lowest BCUT2D eigenvalue weighted by Crippen LogP contribution is -2.50. The summed E-state index contributed by atoms with van der Waals surface area (Å²) >= 11 is 0. The monoisotopic (exact) mass is 222 g/mol. The third-order valence-corrected chi connectivity index (χ3v) is 4.91. The molecule has 3 aliphatic carbocycles. The van der Waals surface area contributed by atoms with Crippen LogP contribution in [0.4, 0.5) is 0 Å². The van der Waals surface area contributed by atoms with Crippen molar-refractivity contribution in [2.45, 2.75) is 63.5 Å². The van der Waals surface area contributed by atoms with Gasteiger partial charge in [0.1, 0.15) is 0 Å². The van der Waals surface area contributed by atoms with Gasteiger partial charge in [0.15, 0.2) is 0 Å². The van der Waals surface area contributed by atoms with Gasteiger partial charge in [-0.2, -0.15) is 0 Å². The molecule has 0 aromatic heterocycles. The normalized spacial score (nSPS) is 40.4. The molecule has 3 fully saturated rings. The van der Waals surface area contributed by atoms with Crippen LogP contribution in [0.25, 0.3) is 0 Å². The molecule has 0 aliphatic heterocycles. The van der Waals surface area contributed by atoms with Crippen LogP contribution in [0.15, 0.2) is 0 Å². The van der Waals surface area contributed by atoms with Crippen molar-refractivity contribution in [3.05, 3.63) is 0 Å². The number of hydrogen-bond donors (Lipinski definition) is 2. The molecule has 0 radical (unpaired) electrons. The minimum absolute atomic E-state index is 0.111. The van der Waals surface area contributed by atoms with E-state index in [-0.39, 0.29) is 11.8 Å². The minimum atomic E-state index is -0.111. The standard InChI is InChI=1S/C13H22N2O/c14-12(16)9-6-11(7-9)15-10-2-1-3-13(8-10)4-5-13/h9-11,15H,1-8H2,(H2,14,16). The third-order valence-electron chi connectivity index (χ3n) is 4.91. The molecule has 3 heteroatoms. The van der Waals surface area contributed by atoms with Crippen LogP contribution in [0.5, 0.6) is 0 Å². The lowest BCUT2D eigenvalue weighted by molar-refractivity contribution is -0.125. The number of nitrogens with one attached hydrogen (secondary N) is 1. The Morgan fingerprint density at radius 3 is 2.56 bits per heavy atom. The van der Waals surface area contributed by atoms with Gasteiger partial charge in [-0.1, -0.05) is 6.42 Å². The van der Waals surface area contributed by atoms with Gasteiger partial charge in [0.05, 0.1) is 0 Å². The molecule has 0 heterocycles. The second-order valence-electron chi connectivity index (χ2n) is 6.23. The van der Waals surface area contributed by atoms with E-state index in [1.165, 1.54) is 38.5 Å². The second kappa shape index (κ2) is 3.73. The first-order valence-corrected chi connectivity index (χ1v) is 6.72. The molecular weight excluding hydrogens is 200 g/mol. The number of hydrogen-bond acceptors (Lipinski definition) is 2. The molecule has 0 aromatic rings. The van der Waals surface area contributed by atoms with Crippen LogP contribution in [0, 0.1) is 11.3 Å². The van der Waals surface area contributed by atoms with Crippen molar-refractivity contribution in [3.63, 3.8) is 0 Å². The molecule has 1 spiro atoms. The van der Waals surface area contributed by atoms with Crippen LogP contribution < -0.4 is 11.1 Å². The minimum Gasteiger partial charge on any atom is -0.369 e. The van der Waals surface area contributed by atoms with Crippen LogP contribution >= 0.6 is 0 Å². The van der Waals surface area contributed by atoms with E-state index >= 15 is 0 Å². The Kier molecular flexibility index (Phi) is 2.46. The van der Waals surface area contributed by atoms with Gasteiger partial charge in [-0.05, 0) is 50.4 Å². The van der Waals surface area contributed by atoms with Crippen LogP contribution in [0.1, 0.15) is 51.4 Å². The van der Waals surface area contributed by atoms with Crippen molar-refractivity contribution in [1.82, 2.24) is 5.32 Å². The molecular formula is C13H22N2O. The van der Waals surface area contributed by atoms with Gasteiger partial charge in [-0.25, -0.2) is 0 Å². The van der Waals surface area contributed by atoms with E-state index in [1.807, 2.05) is 0 Å². The van der Waals surface area contributed by atoms with Crippen LogP contribution in [0.3, 0.4) is 0 Å². The highest BCUT2D eigenvalue weighted by atomic mass is 16.1. The summed E-state index contributed by atoms with van der Waals surface area (Å²) in [7, 11) is 0. The zero-order valence-electron chi connectivity index (χ0n) is 9.87. The molecule has 1 unspecified atom stereocenters. The Bertz CT molecular complexity index is 292. The van der Waals surface area contributed by atoms with Crippen LogP contribution in [-0.4, -0.2) is 18.0 Å². The topological polar surface area (TPSA) is 55.1 Å². The summed E-state index contributed by atoms with van der Waals surface area (Å²) in [6.45, 7) is 0. The van der Waals surface area contributed by atoms with Crippen molar-refractivity contribution >= 4 is 5.91 Å². The summed E-state index contributed by atoms with van der Waals surface area (Å²) in [5.74, 6) is 0.0383. The van der Waals surface area contributed by atoms with Crippen LogP contribution in [-0.2, 0) is 4.79 Å². The van der Waals surface area contributed by atoms with Gasteiger partial charge in [-0.15, -0.1) is 0 Å². The van der Waals surface area contributed by atoms with E-state index in [0.29, 0.717) is 6.04 Å². The molecule has 1 atom stereocenters. The fraction of sp³-hybridized carbons (Fsp3) is 0.923. The Morgan fingerprint density at radius 2 is 1.94 bits per heavy atom. The number of rotatable bonds is 3. The highest BCUT2D eigenvalue weighted by molar-refractivity contribution is 5.77. The third kappa shape index (κ3) is 1.97. The van der Waals surface area contributed by atoms with Crippen molar-refractivity contribution < 1.29 is 4.79 Å². The number of carbonyl (C=O) groups excluding carboxylic acids is 1. The van der Waals surface area contributed by atoms with E-state index in [2.05, 4.69) is 5.32 Å². The van der Waals surface area contributed by atoms with Crippen molar-refractivity contribution in [2.24, 2.45) is 17.1 Å². The zero-order chi connectivity index (χ0) is 11.2. The Balaban J connectivity index is 1.44. The predicted octanol–water partition coefficient (Wildman–Crippen LogP) is 1.56. The molecule has 3 nitrogen and oxygen atoms in total. The van der Waals surface area contributed by atoms with E-state index in [1.54, 1.807) is 0 Å². The lowest BCUT2D eigenvalue weighted by atomic mass is 9.77. The first-order valence-electron chi connectivity index (χ1n) is 6.72. The summed E-state index contributed by atoms with van der Waals surface area (Å²) in [5, 5.41) is 3.73. The molecule has 0 bridgehead atoms. The van der Waals surface area contributed by atoms with E-state index in [0.717, 1.165) is 24.3 Å². The van der Waals surface area contributed by atoms with Gasteiger partial charge in [0.2, 0.25) is 5.91 Å². The first-order chi connectivity index (χ1) is 7.67. The average molecular weight is 222 g/mol. The zero-order valence-corrected chi connectivity index (χ0v) is 9.87.